The molecule has 1 aliphatic carbocycles. The SMILES string of the molecule is Nc1cccc(F)c1S(=O)(=O)NCC1CC=CCC1. The minimum atomic E-state index is -3.90. The molecule has 1 aliphatic rings. The van der Waals surface area contributed by atoms with Gasteiger partial charge in [-0.1, -0.05) is 18.2 Å². The quantitative estimate of drug-likeness (QED) is 0.656. The Balaban J connectivity index is 2.12. The van der Waals surface area contributed by atoms with Gasteiger partial charge in [-0.2, -0.15) is 0 Å². The van der Waals surface area contributed by atoms with Crippen LogP contribution in [0.15, 0.2) is 35.2 Å². The third-order valence-corrected chi connectivity index (χ3v) is 4.72. The summed E-state index contributed by atoms with van der Waals surface area (Å²) < 4.78 is 40.2. The average molecular weight is 284 g/mol. The minimum Gasteiger partial charge on any atom is -0.398 e. The van der Waals surface area contributed by atoms with Gasteiger partial charge in [0, 0.05) is 6.54 Å². The number of rotatable bonds is 4. The minimum absolute atomic E-state index is 0.0731. The fourth-order valence-electron chi connectivity index (χ4n) is 2.15. The number of nitrogens with two attached hydrogens (primary N) is 1. The van der Waals surface area contributed by atoms with E-state index >= 15 is 0 Å². The Morgan fingerprint density at radius 2 is 2.16 bits per heavy atom. The first-order valence-corrected chi connectivity index (χ1v) is 7.67. The molecule has 0 radical (unpaired) electrons. The molecule has 4 nitrogen and oxygen atoms in total. The lowest BCUT2D eigenvalue weighted by Crippen LogP contribution is -2.31. The summed E-state index contributed by atoms with van der Waals surface area (Å²) in [6, 6.07) is 3.85. The Morgan fingerprint density at radius 3 is 2.79 bits per heavy atom. The van der Waals surface area contributed by atoms with Crippen molar-refractivity contribution in [3.8, 4) is 0 Å². The number of benzene rings is 1. The molecule has 3 N–H and O–H groups in total. The van der Waals surface area contributed by atoms with Crippen molar-refractivity contribution >= 4 is 15.7 Å². The molecular formula is C13H17FN2O2S. The average Bonchev–Trinajstić information content (AvgIpc) is 2.37. The molecule has 1 aromatic rings. The second kappa shape index (κ2) is 5.71. The van der Waals surface area contributed by atoms with Crippen LogP contribution in [0.25, 0.3) is 0 Å². The number of halogens is 1. The molecule has 0 saturated carbocycles. The van der Waals surface area contributed by atoms with Gasteiger partial charge in [-0.05, 0) is 37.3 Å². The van der Waals surface area contributed by atoms with Crippen LogP contribution in [0, 0.1) is 11.7 Å². The van der Waals surface area contributed by atoms with Crippen molar-refractivity contribution in [1.29, 1.82) is 0 Å². The Bertz CT molecular complexity index is 564. The summed E-state index contributed by atoms with van der Waals surface area (Å²) in [6.07, 6.45) is 6.86. The molecule has 0 spiro atoms. The van der Waals surface area contributed by atoms with Crippen molar-refractivity contribution < 1.29 is 12.8 Å². The highest BCUT2D eigenvalue weighted by atomic mass is 32.2. The van der Waals surface area contributed by atoms with E-state index in [1.807, 2.05) is 6.08 Å². The van der Waals surface area contributed by atoms with Crippen LogP contribution in [0.4, 0.5) is 10.1 Å². The first kappa shape index (κ1) is 14.0. The molecule has 0 heterocycles. The topological polar surface area (TPSA) is 72.2 Å². The molecule has 1 aromatic carbocycles. The maximum atomic E-state index is 13.6. The summed E-state index contributed by atoms with van der Waals surface area (Å²) in [7, 11) is -3.90. The molecule has 104 valence electrons. The van der Waals surface area contributed by atoms with E-state index in [2.05, 4.69) is 10.8 Å². The smallest absolute Gasteiger partial charge is 0.245 e. The molecule has 2 rings (SSSR count). The van der Waals surface area contributed by atoms with Crippen molar-refractivity contribution in [3.05, 3.63) is 36.2 Å². The van der Waals surface area contributed by atoms with Crippen LogP contribution < -0.4 is 10.5 Å². The molecule has 19 heavy (non-hydrogen) atoms. The number of nitrogens with one attached hydrogen (secondary N) is 1. The van der Waals surface area contributed by atoms with Gasteiger partial charge in [0.25, 0.3) is 0 Å². The molecule has 6 heteroatoms. The Morgan fingerprint density at radius 1 is 1.37 bits per heavy atom. The maximum Gasteiger partial charge on any atom is 0.245 e. The Kier molecular flexibility index (Phi) is 4.21. The van der Waals surface area contributed by atoms with Gasteiger partial charge in [0.1, 0.15) is 10.7 Å². The van der Waals surface area contributed by atoms with Crippen molar-refractivity contribution in [2.75, 3.05) is 12.3 Å². The summed E-state index contributed by atoms with van der Waals surface area (Å²) in [5.41, 5.74) is 5.47. The normalized spacial score (nSPS) is 19.5. The van der Waals surface area contributed by atoms with Gasteiger partial charge < -0.3 is 5.73 Å². The van der Waals surface area contributed by atoms with Crippen LogP contribution in [0.1, 0.15) is 19.3 Å². The van der Waals surface area contributed by atoms with Crippen molar-refractivity contribution in [1.82, 2.24) is 4.72 Å². The van der Waals surface area contributed by atoms with Crippen LogP contribution in [-0.2, 0) is 10.0 Å². The lowest BCUT2D eigenvalue weighted by Gasteiger charge is -2.18. The standard InChI is InChI=1S/C13H17FN2O2S/c14-11-7-4-8-12(15)13(11)19(17,18)16-9-10-5-2-1-3-6-10/h1-2,4,7-8,10,16H,3,5-6,9,15H2. The predicted molar refractivity (Wildman–Crippen MR) is 72.5 cm³/mol. The van der Waals surface area contributed by atoms with Gasteiger partial charge in [0.15, 0.2) is 0 Å². The fourth-order valence-corrected chi connectivity index (χ4v) is 3.45. The number of hydrogen-bond acceptors (Lipinski definition) is 3. The van der Waals surface area contributed by atoms with Gasteiger partial charge >= 0.3 is 0 Å². The molecule has 0 bridgehead atoms. The zero-order valence-electron chi connectivity index (χ0n) is 10.5. The molecular weight excluding hydrogens is 267 g/mol. The number of sulfonamides is 1. The van der Waals surface area contributed by atoms with E-state index in [1.165, 1.54) is 12.1 Å². The summed E-state index contributed by atoms with van der Waals surface area (Å²) in [5, 5.41) is 0. The highest BCUT2D eigenvalue weighted by Crippen LogP contribution is 2.22. The van der Waals surface area contributed by atoms with E-state index in [9.17, 15) is 12.8 Å². The number of hydrogen-bond donors (Lipinski definition) is 2. The van der Waals surface area contributed by atoms with E-state index < -0.39 is 20.7 Å². The third kappa shape index (κ3) is 3.33. The molecule has 0 aliphatic heterocycles. The van der Waals surface area contributed by atoms with Crippen LogP contribution >= 0.6 is 0 Å². The van der Waals surface area contributed by atoms with Crippen LogP contribution in [0.5, 0.6) is 0 Å². The number of allylic oxidation sites excluding steroid dienone is 2. The number of nitrogen functional groups attached to an aromatic ring is 1. The van der Waals surface area contributed by atoms with Gasteiger partial charge in [-0.15, -0.1) is 0 Å². The third-order valence-electron chi connectivity index (χ3n) is 3.21. The molecule has 0 saturated heterocycles. The summed E-state index contributed by atoms with van der Waals surface area (Å²) in [4.78, 5) is -0.457. The van der Waals surface area contributed by atoms with Gasteiger partial charge in [0.2, 0.25) is 10.0 Å². The van der Waals surface area contributed by atoms with E-state index in [-0.39, 0.29) is 11.6 Å². The van der Waals surface area contributed by atoms with Crippen LogP contribution in [0.3, 0.4) is 0 Å². The van der Waals surface area contributed by atoms with E-state index in [0.717, 1.165) is 25.3 Å². The Hall–Kier alpha value is -1.40. The fraction of sp³-hybridized carbons (Fsp3) is 0.385. The first-order chi connectivity index (χ1) is 9.00. The van der Waals surface area contributed by atoms with E-state index in [1.54, 1.807) is 0 Å². The lowest BCUT2D eigenvalue weighted by molar-refractivity contribution is 0.467. The summed E-state index contributed by atoms with van der Waals surface area (Å²) in [6.45, 7) is 0.306. The second-order valence-corrected chi connectivity index (χ2v) is 6.36. The zero-order valence-corrected chi connectivity index (χ0v) is 11.3. The van der Waals surface area contributed by atoms with Crippen molar-refractivity contribution in [2.24, 2.45) is 5.92 Å². The monoisotopic (exact) mass is 284 g/mol. The van der Waals surface area contributed by atoms with Crippen LogP contribution in [-0.4, -0.2) is 15.0 Å². The predicted octanol–water partition coefficient (Wildman–Crippen LogP) is 2.04. The molecule has 1 atom stereocenters. The van der Waals surface area contributed by atoms with Crippen LogP contribution in [0.2, 0.25) is 0 Å². The van der Waals surface area contributed by atoms with E-state index in [4.69, 9.17) is 5.73 Å². The Labute approximate surface area is 112 Å². The number of anilines is 1. The second-order valence-electron chi connectivity index (χ2n) is 4.66. The zero-order chi connectivity index (χ0) is 13.9. The van der Waals surface area contributed by atoms with Gasteiger partial charge in [-0.25, -0.2) is 17.5 Å². The van der Waals surface area contributed by atoms with Crippen molar-refractivity contribution in [3.63, 3.8) is 0 Å². The van der Waals surface area contributed by atoms with Crippen molar-refractivity contribution in [2.45, 2.75) is 24.2 Å². The van der Waals surface area contributed by atoms with Gasteiger partial charge in [0.05, 0.1) is 5.69 Å². The summed E-state index contributed by atoms with van der Waals surface area (Å²) in [5.74, 6) is -0.566. The molecule has 1 unspecified atom stereocenters. The van der Waals surface area contributed by atoms with E-state index in [0.29, 0.717) is 6.54 Å². The molecule has 0 fully saturated rings. The highest BCUT2D eigenvalue weighted by molar-refractivity contribution is 7.89. The summed E-state index contributed by atoms with van der Waals surface area (Å²) >= 11 is 0. The van der Waals surface area contributed by atoms with Gasteiger partial charge in [-0.3, -0.25) is 0 Å². The molecule has 0 aromatic heterocycles. The molecule has 0 amide bonds. The lowest BCUT2D eigenvalue weighted by atomic mass is 9.95. The maximum absolute atomic E-state index is 13.6. The first-order valence-electron chi connectivity index (χ1n) is 6.19. The highest BCUT2D eigenvalue weighted by Gasteiger charge is 2.23. The largest absolute Gasteiger partial charge is 0.398 e.